The topological polar surface area (TPSA) is 172 Å². The fraction of sp³-hybridized carbons (Fsp3) is 0.625. The number of aliphatic carboxylic acids is 1. The lowest BCUT2D eigenvalue weighted by molar-refractivity contribution is -0.271. The molecule has 35 heavy (non-hydrogen) atoms. The van der Waals surface area contributed by atoms with E-state index in [0.29, 0.717) is 17.9 Å². The summed E-state index contributed by atoms with van der Waals surface area (Å²) in [7, 11) is 0. The molecular weight excluding hydrogens is 462 g/mol. The number of aliphatic hydroxyl groups excluding tert-OH is 3. The van der Waals surface area contributed by atoms with Gasteiger partial charge in [0.1, 0.15) is 30.7 Å². The van der Waals surface area contributed by atoms with Crippen LogP contribution in [-0.2, 0) is 30.5 Å². The molecule has 11 nitrogen and oxygen atoms in total. The minimum atomic E-state index is -1.86. The fourth-order valence-electron chi connectivity index (χ4n) is 3.35. The average Bonchev–Trinajstić information content (AvgIpc) is 2.78. The van der Waals surface area contributed by atoms with Crippen LogP contribution in [0, 0.1) is 11.8 Å². The Balaban J connectivity index is 2.24. The Kier molecular flexibility index (Phi) is 10.4. The Labute approximate surface area is 204 Å². The number of hydrogen-bond acceptors (Lipinski definition) is 9. The van der Waals surface area contributed by atoms with Crippen LogP contribution in [0.15, 0.2) is 18.2 Å². The molecule has 5 atom stereocenters. The van der Waals surface area contributed by atoms with Crippen molar-refractivity contribution in [3.63, 3.8) is 0 Å². The standard InChI is InChI=1S/C24H35NO10/c1-12(2)6-5-7-17(26)25-15-10-14(11-33-23(32)13(3)4)8-9-16(15)34-24-20(29)18(27)19(28)21(35-24)22(30)31/h8-10,12-13,18-21,24,27-29H,5-7,11H2,1-4H3,(H,25,26)(H,30,31)/t18-,19?,20?,21-,24+/m0/s1. The predicted octanol–water partition coefficient (Wildman–Crippen LogP) is 1.42. The van der Waals surface area contributed by atoms with Crippen molar-refractivity contribution in [2.75, 3.05) is 5.32 Å². The summed E-state index contributed by atoms with van der Waals surface area (Å²) in [5, 5.41) is 42.1. The zero-order valence-electron chi connectivity index (χ0n) is 20.3. The lowest BCUT2D eigenvalue weighted by atomic mass is 9.99. The van der Waals surface area contributed by atoms with Gasteiger partial charge in [0.05, 0.1) is 11.6 Å². The number of nitrogens with one attached hydrogen (secondary N) is 1. The molecule has 1 aliphatic heterocycles. The summed E-state index contributed by atoms with van der Waals surface area (Å²) in [4.78, 5) is 35.7. The minimum Gasteiger partial charge on any atom is -0.479 e. The normalized spacial score (nSPS) is 24.3. The van der Waals surface area contributed by atoms with Crippen LogP contribution in [0.3, 0.4) is 0 Å². The molecule has 1 heterocycles. The Hall–Kier alpha value is -2.73. The van der Waals surface area contributed by atoms with Crippen molar-refractivity contribution in [1.82, 2.24) is 0 Å². The monoisotopic (exact) mass is 497 g/mol. The van der Waals surface area contributed by atoms with Crippen LogP contribution in [0.5, 0.6) is 5.75 Å². The SMILES string of the molecule is CC(C)CCCC(=O)Nc1cc(COC(=O)C(C)C)ccc1O[C@@H]1O[C@H](C(=O)O)C(O)[C@H](O)C1O. The third kappa shape index (κ3) is 8.17. The van der Waals surface area contributed by atoms with Crippen molar-refractivity contribution >= 4 is 23.5 Å². The van der Waals surface area contributed by atoms with E-state index >= 15 is 0 Å². The zero-order valence-corrected chi connectivity index (χ0v) is 20.3. The average molecular weight is 498 g/mol. The van der Waals surface area contributed by atoms with E-state index in [4.69, 9.17) is 14.2 Å². The second kappa shape index (κ2) is 12.8. The molecular formula is C24H35NO10. The third-order valence-electron chi connectivity index (χ3n) is 5.41. The number of carboxylic acid groups (broad SMARTS) is 1. The molecule has 2 unspecified atom stereocenters. The van der Waals surface area contributed by atoms with Gasteiger partial charge in [-0.05, 0) is 30.0 Å². The maximum absolute atomic E-state index is 12.5. The molecule has 1 aliphatic rings. The number of esters is 1. The lowest BCUT2D eigenvalue weighted by Gasteiger charge is -2.38. The van der Waals surface area contributed by atoms with Gasteiger partial charge in [0.25, 0.3) is 0 Å². The first kappa shape index (κ1) is 28.5. The smallest absolute Gasteiger partial charge is 0.335 e. The van der Waals surface area contributed by atoms with Crippen molar-refractivity contribution in [2.24, 2.45) is 11.8 Å². The Bertz CT molecular complexity index is 887. The number of carboxylic acids is 1. The summed E-state index contributed by atoms with van der Waals surface area (Å²) in [6, 6.07) is 4.52. The lowest BCUT2D eigenvalue weighted by Crippen LogP contribution is -2.61. The largest absolute Gasteiger partial charge is 0.479 e. The van der Waals surface area contributed by atoms with Gasteiger partial charge in [-0.25, -0.2) is 4.79 Å². The summed E-state index contributed by atoms with van der Waals surface area (Å²) in [5.74, 6) is -2.08. The fourth-order valence-corrected chi connectivity index (χ4v) is 3.35. The summed E-state index contributed by atoms with van der Waals surface area (Å²) in [5.41, 5.74) is 0.730. The van der Waals surface area contributed by atoms with Crippen molar-refractivity contribution in [1.29, 1.82) is 0 Å². The number of aliphatic hydroxyl groups is 3. The van der Waals surface area contributed by atoms with Crippen molar-refractivity contribution in [3.05, 3.63) is 23.8 Å². The molecule has 1 aromatic carbocycles. The quantitative estimate of drug-likeness (QED) is 0.282. The molecule has 0 saturated carbocycles. The number of ether oxygens (including phenoxy) is 3. The second-order valence-corrected chi connectivity index (χ2v) is 9.28. The first-order valence-electron chi connectivity index (χ1n) is 11.6. The first-order valence-corrected chi connectivity index (χ1v) is 11.6. The highest BCUT2D eigenvalue weighted by Gasteiger charge is 2.48. The number of rotatable bonds is 11. The number of amides is 1. The molecule has 1 saturated heterocycles. The highest BCUT2D eigenvalue weighted by Crippen LogP contribution is 2.31. The summed E-state index contributed by atoms with van der Waals surface area (Å²) in [6.45, 7) is 7.46. The van der Waals surface area contributed by atoms with Crippen LogP contribution in [0.2, 0.25) is 0 Å². The van der Waals surface area contributed by atoms with E-state index in [1.807, 2.05) is 0 Å². The molecule has 1 amide bonds. The number of benzene rings is 1. The van der Waals surface area contributed by atoms with Crippen LogP contribution in [0.4, 0.5) is 5.69 Å². The van der Waals surface area contributed by atoms with E-state index in [-0.39, 0.29) is 36.3 Å². The number of carbonyl (C=O) groups excluding carboxylic acids is 2. The van der Waals surface area contributed by atoms with E-state index < -0.39 is 42.6 Å². The van der Waals surface area contributed by atoms with Gasteiger partial charge in [0.15, 0.2) is 6.10 Å². The van der Waals surface area contributed by atoms with Crippen LogP contribution in [0.25, 0.3) is 0 Å². The summed E-state index contributed by atoms with van der Waals surface area (Å²) >= 11 is 0. The van der Waals surface area contributed by atoms with E-state index in [9.17, 15) is 34.8 Å². The molecule has 5 N–H and O–H groups in total. The van der Waals surface area contributed by atoms with Crippen LogP contribution in [0.1, 0.15) is 52.5 Å². The molecule has 0 radical (unpaired) electrons. The molecule has 1 aromatic rings. The first-order chi connectivity index (χ1) is 16.4. The Morgan fingerprint density at radius 1 is 1.06 bits per heavy atom. The molecule has 0 bridgehead atoms. The van der Waals surface area contributed by atoms with Gasteiger partial charge in [0, 0.05) is 6.42 Å². The van der Waals surface area contributed by atoms with E-state index in [1.54, 1.807) is 19.9 Å². The number of hydrogen-bond donors (Lipinski definition) is 5. The molecule has 0 spiro atoms. The highest BCUT2D eigenvalue weighted by atomic mass is 16.7. The summed E-state index contributed by atoms with van der Waals surface area (Å²) < 4.78 is 16.0. The highest BCUT2D eigenvalue weighted by molar-refractivity contribution is 5.92. The van der Waals surface area contributed by atoms with Crippen LogP contribution >= 0.6 is 0 Å². The zero-order chi connectivity index (χ0) is 26.3. The predicted molar refractivity (Wildman–Crippen MR) is 123 cm³/mol. The minimum absolute atomic E-state index is 0.0259. The molecule has 0 aliphatic carbocycles. The van der Waals surface area contributed by atoms with Crippen molar-refractivity contribution in [2.45, 2.75) is 84.3 Å². The van der Waals surface area contributed by atoms with Gasteiger partial charge >= 0.3 is 11.9 Å². The maximum atomic E-state index is 12.5. The van der Waals surface area contributed by atoms with Crippen molar-refractivity contribution in [3.8, 4) is 5.75 Å². The van der Waals surface area contributed by atoms with Crippen LogP contribution in [-0.4, -0.2) is 69.0 Å². The van der Waals surface area contributed by atoms with Gasteiger partial charge < -0.3 is 40.0 Å². The molecule has 196 valence electrons. The van der Waals surface area contributed by atoms with E-state index in [1.165, 1.54) is 12.1 Å². The second-order valence-electron chi connectivity index (χ2n) is 9.28. The van der Waals surface area contributed by atoms with Gasteiger partial charge in [-0.3, -0.25) is 9.59 Å². The Morgan fingerprint density at radius 3 is 2.34 bits per heavy atom. The van der Waals surface area contributed by atoms with Crippen molar-refractivity contribution < 1.29 is 49.0 Å². The van der Waals surface area contributed by atoms with Gasteiger partial charge in [0.2, 0.25) is 12.2 Å². The molecule has 2 rings (SSSR count). The van der Waals surface area contributed by atoms with Gasteiger partial charge in [-0.1, -0.05) is 40.2 Å². The number of anilines is 1. The van der Waals surface area contributed by atoms with Gasteiger partial charge in [-0.2, -0.15) is 0 Å². The van der Waals surface area contributed by atoms with E-state index in [0.717, 1.165) is 6.42 Å². The Morgan fingerprint density at radius 2 is 1.74 bits per heavy atom. The van der Waals surface area contributed by atoms with Gasteiger partial charge in [-0.15, -0.1) is 0 Å². The van der Waals surface area contributed by atoms with E-state index in [2.05, 4.69) is 19.2 Å². The number of carbonyl (C=O) groups is 3. The summed E-state index contributed by atoms with van der Waals surface area (Å²) in [6.07, 6.45) is -7.15. The van der Waals surface area contributed by atoms with Crippen LogP contribution < -0.4 is 10.1 Å². The third-order valence-corrected chi connectivity index (χ3v) is 5.41. The molecule has 0 aromatic heterocycles. The maximum Gasteiger partial charge on any atom is 0.335 e. The molecule has 11 heteroatoms. The molecule has 1 fully saturated rings.